The summed E-state index contributed by atoms with van der Waals surface area (Å²) < 4.78 is 81.9. The van der Waals surface area contributed by atoms with Gasteiger partial charge in [0.1, 0.15) is 17.0 Å². The fraction of sp³-hybridized carbons (Fsp3) is 0.500. The Bertz CT molecular complexity index is 825. The maximum absolute atomic E-state index is 14.8. The molecular weight excluding hydrogens is 348 g/mol. The number of fused-ring (bicyclic) bond motifs is 1. The van der Waals surface area contributed by atoms with Crippen LogP contribution in [0.15, 0.2) is 0 Å². The molecule has 3 nitrogen and oxygen atoms in total. The van der Waals surface area contributed by atoms with E-state index in [9.17, 15) is 26.3 Å². The highest BCUT2D eigenvalue weighted by Crippen LogP contribution is 2.39. The van der Waals surface area contributed by atoms with Crippen molar-refractivity contribution in [1.82, 2.24) is 9.97 Å². The number of hydrogen-bond donors (Lipinski definition) is 0. The summed E-state index contributed by atoms with van der Waals surface area (Å²) in [4.78, 5) is 8.86. The predicted octanol–water partition coefficient (Wildman–Crippen LogP) is 4.44. The van der Waals surface area contributed by atoms with E-state index in [1.165, 1.54) is 13.8 Å². The van der Waals surface area contributed by atoms with E-state index in [0.29, 0.717) is 0 Å². The molecule has 1 fully saturated rings. The summed E-state index contributed by atoms with van der Waals surface area (Å²) in [5.74, 6) is -5.12. The summed E-state index contributed by atoms with van der Waals surface area (Å²) in [7, 11) is 0. The standard InChI is InChI=1S/C16H15F6N3/c1-7-10-11(17)12(18)15(13(19)14(10)24-8(2)23-7)25-5-3-9(4-6-25)16(20,21)22/h9H,3-6H2,1-2H3. The van der Waals surface area contributed by atoms with Gasteiger partial charge >= 0.3 is 6.18 Å². The number of alkyl halides is 3. The van der Waals surface area contributed by atoms with E-state index in [2.05, 4.69) is 9.97 Å². The van der Waals surface area contributed by atoms with Crippen molar-refractivity contribution in [3.05, 3.63) is 29.0 Å². The molecule has 1 aliphatic rings. The van der Waals surface area contributed by atoms with Crippen LogP contribution in [0.25, 0.3) is 10.9 Å². The normalized spacial score (nSPS) is 16.7. The SMILES string of the molecule is Cc1nc(C)c2c(F)c(F)c(N3CCC(C(F)(F)F)CC3)c(F)c2n1. The minimum Gasteiger partial charge on any atom is -0.367 e. The van der Waals surface area contributed by atoms with Gasteiger partial charge in [-0.3, -0.25) is 0 Å². The molecule has 0 radical (unpaired) electrons. The molecule has 0 saturated carbocycles. The Balaban J connectivity index is 2.06. The Morgan fingerprint density at radius 1 is 0.920 bits per heavy atom. The fourth-order valence-electron chi connectivity index (χ4n) is 3.26. The van der Waals surface area contributed by atoms with Crippen LogP contribution < -0.4 is 4.90 Å². The number of nitrogens with zero attached hydrogens (tertiary/aromatic N) is 3. The van der Waals surface area contributed by atoms with Crippen LogP contribution in [-0.4, -0.2) is 29.2 Å². The molecule has 25 heavy (non-hydrogen) atoms. The van der Waals surface area contributed by atoms with Gasteiger partial charge in [-0.05, 0) is 26.7 Å². The first-order valence-corrected chi connectivity index (χ1v) is 7.74. The third-order valence-corrected chi connectivity index (χ3v) is 4.51. The molecule has 3 rings (SSSR count). The fourth-order valence-corrected chi connectivity index (χ4v) is 3.26. The smallest absolute Gasteiger partial charge is 0.367 e. The summed E-state index contributed by atoms with van der Waals surface area (Å²) >= 11 is 0. The average Bonchev–Trinajstić information content (AvgIpc) is 2.52. The summed E-state index contributed by atoms with van der Waals surface area (Å²) in [5.41, 5.74) is -0.930. The van der Waals surface area contributed by atoms with Gasteiger partial charge in [0.15, 0.2) is 17.5 Å². The molecule has 1 saturated heterocycles. The number of hydrogen-bond acceptors (Lipinski definition) is 3. The van der Waals surface area contributed by atoms with Crippen LogP contribution in [0.5, 0.6) is 0 Å². The van der Waals surface area contributed by atoms with Crippen LogP contribution in [0.3, 0.4) is 0 Å². The number of anilines is 1. The first kappa shape index (κ1) is 17.8. The van der Waals surface area contributed by atoms with Crippen LogP contribution in [0.4, 0.5) is 32.0 Å². The Morgan fingerprint density at radius 2 is 1.52 bits per heavy atom. The zero-order valence-corrected chi connectivity index (χ0v) is 13.5. The van der Waals surface area contributed by atoms with Crippen LogP contribution >= 0.6 is 0 Å². The van der Waals surface area contributed by atoms with Crippen molar-refractivity contribution in [2.24, 2.45) is 5.92 Å². The molecule has 0 aliphatic carbocycles. The van der Waals surface area contributed by atoms with E-state index in [0.717, 1.165) is 4.90 Å². The van der Waals surface area contributed by atoms with Gasteiger partial charge in [0, 0.05) is 13.1 Å². The van der Waals surface area contributed by atoms with E-state index in [4.69, 9.17) is 0 Å². The molecule has 0 bridgehead atoms. The van der Waals surface area contributed by atoms with Gasteiger partial charge in [-0.2, -0.15) is 13.2 Å². The number of benzene rings is 1. The van der Waals surface area contributed by atoms with E-state index in [-0.39, 0.29) is 48.4 Å². The van der Waals surface area contributed by atoms with Crippen molar-refractivity contribution in [1.29, 1.82) is 0 Å². The van der Waals surface area contributed by atoms with Gasteiger partial charge in [-0.15, -0.1) is 0 Å². The molecule has 2 heterocycles. The highest BCUT2D eigenvalue weighted by molar-refractivity contribution is 5.86. The lowest BCUT2D eigenvalue weighted by molar-refractivity contribution is -0.179. The summed E-state index contributed by atoms with van der Waals surface area (Å²) in [6.07, 6.45) is -4.95. The molecule has 136 valence electrons. The molecule has 0 amide bonds. The maximum atomic E-state index is 14.8. The minimum atomic E-state index is -4.35. The second-order valence-electron chi connectivity index (χ2n) is 6.17. The third kappa shape index (κ3) is 3.00. The zero-order valence-electron chi connectivity index (χ0n) is 13.5. The molecule has 9 heteroatoms. The van der Waals surface area contributed by atoms with Crippen molar-refractivity contribution in [2.45, 2.75) is 32.9 Å². The van der Waals surface area contributed by atoms with Gasteiger partial charge in [-0.25, -0.2) is 23.1 Å². The number of rotatable bonds is 1. The van der Waals surface area contributed by atoms with Gasteiger partial charge in [0.05, 0.1) is 17.0 Å². The van der Waals surface area contributed by atoms with Crippen molar-refractivity contribution >= 4 is 16.6 Å². The van der Waals surface area contributed by atoms with Crippen molar-refractivity contribution in [3.8, 4) is 0 Å². The number of piperidine rings is 1. The van der Waals surface area contributed by atoms with Crippen molar-refractivity contribution < 1.29 is 26.3 Å². The lowest BCUT2D eigenvalue weighted by atomic mass is 9.95. The maximum Gasteiger partial charge on any atom is 0.391 e. The Labute approximate surface area is 139 Å². The lowest BCUT2D eigenvalue weighted by Gasteiger charge is -2.34. The third-order valence-electron chi connectivity index (χ3n) is 4.51. The van der Waals surface area contributed by atoms with E-state index < -0.39 is 35.2 Å². The molecular formula is C16H15F6N3. The first-order chi connectivity index (χ1) is 11.6. The Morgan fingerprint density at radius 3 is 2.08 bits per heavy atom. The molecule has 1 aromatic heterocycles. The van der Waals surface area contributed by atoms with Gasteiger partial charge < -0.3 is 4.90 Å². The summed E-state index contributed by atoms with van der Waals surface area (Å²) in [6, 6.07) is 0. The van der Waals surface area contributed by atoms with Crippen LogP contribution in [-0.2, 0) is 0 Å². The summed E-state index contributed by atoms with van der Waals surface area (Å²) in [5, 5.41) is -0.352. The van der Waals surface area contributed by atoms with E-state index in [1.54, 1.807) is 0 Å². The van der Waals surface area contributed by atoms with Crippen LogP contribution in [0.1, 0.15) is 24.4 Å². The lowest BCUT2D eigenvalue weighted by Crippen LogP contribution is -2.40. The second-order valence-corrected chi connectivity index (χ2v) is 6.17. The molecule has 2 aromatic rings. The summed E-state index contributed by atoms with van der Waals surface area (Å²) in [6.45, 7) is 2.47. The van der Waals surface area contributed by atoms with Crippen molar-refractivity contribution in [2.75, 3.05) is 18.0 Å². The molecule has 0 atom stereocenters. The highest BCUT2D eigenvalue weighted by Gasteiger charge is 2.42. The number of halogens is 6. The van der Waals surface area contributed by atoms with Crippen LogP contribution in [0, 0.1) is 37.2 Å². The topological polar surface area (TPSA) is 29.0 Å². The molecule has 1 aliphatic heterocycles. The highest BCUT2D eigenvalue weighted by atomic mass is 19.4. The van der Waals surface area contributed by atoms with Gasteiger partial charge in [0.2, 0.25) is 0 Å². The average molecular weight is 363 g/mol. The Kier molecular flexibility index (Phi) is 4.28. The van der Waals surface area contributed by atoms with Crippen molar-refractivity contribution in [3.63, 3.8) is 0 Å². The number of aryl methyl sites for hydroxylation is 2. The quantitative estimate of drug-likeness (QED) is 0.554. The van der Waals surface area contributed by atoms with Crippen LogP contribution in [0.2, 0.25) is 0 Å². The largest absolute Gasteiger partial charge is 0.391 e. The molecule has 0 spiro atoms. The zero-order chi connectivity index (χ0) is 18.5. The predicted molar refractivity (Wildman–Crippen MR) is 79.9 cm³/mol. The van der Waals surface area contributed by atoms with E-state index in [1.807, 2.05) is 0 Å². The van der Waals surface area contributed by atoms with Gasteiger partial charge in [-0.1, -0.05) is 0 Å². The monoisotopic (exact) mass is 363 g/mol. The minimum absolute atomic E-state index is 0.0973. The second kappa shape index (κ2) is 6.03. The van der Waals surface area contributed by atoms with E-state index >= 15 is 0 Å². The Hall–Kier alpha value is -2.06. The molecule has 0 N–H and O–H groups in total. The number of aromatic nitrogens is 2. The van der Waals surface area contributed by atoms with Gasteiger partial charge in [0.25, 0.3) is 0 Å². The molecule has 1 aromatic carbocycles. The molecule has 0 unspecified atom stereocenters. The first-order valence-electron chi connectivity index (χ1n) is 7.74.